The van der Waals surface area contributed by atoms with Crippen molar-refractivity contribution in [2.45, 2.75) is 11.8 Å². The van der Waals surface area contributed by atoms with Gasteiger partial charge in [-0.3, -0.25) is 0 Å². The Balaban J connectivity index is 2.01. The van der Waals surface area contributed by atoms with Gasteiger partial charge in [0.1, 0.15) is 5.82 Å². The van der Waals surface area contributed by atoms with E-state index < -0.39 is 0 Å². The van der Waals surface area contributed by atoms with Crippen molar-refractivity contribution in [3.05, 3.63) is 34.6 Å². The van der Waals surface area contributed by atoms with Gasteiger partial charge >= 0.3 is 0 Å². The molecule has 1 aliphatic heterocycles. The topological polar surface area (TPSA) is 3.24 Å². The second-order valence-electron chi connectivity index (χ2n) is 4.88. The zero-order valence-corrected chi connectivity index (χ0v) is 9.39. The summed E-state index contributed by atoms with van der Waals surface area (Å²) in [6, 6.07) is 4.81. The molecule has 2 fully saturated rings. The molecule has 0 N–H and O–H groups in total. The van der Waals surface area contributed by atoms with Crippen molar-refractivity contribution in [2.24, 2.45) is 5.92 Å². The van der Waals surface area contributed by atoms with Crippen LogP contribution >= 0.6 is 11.6 Å². The lowest BCUT2D eigenvalue weighted by Crippen LogP contribution is -2.22. The molecule has 1 heterocycles. The third-order valence-electron chi connectivity index (χ3n) is 3.78. The molecule has 1 aliphatic carbocycles. The number of likely N-dealkylation sites (N-methyl/N-ethyl adjacent to an activating group) is 1. The molecule has 80 valence electrons. The number of likely N-dealkylation sites (tertiary alicyclic amines) is 1. The first-order chi connectivity index (χ1) is 7.12. The molecule has 1 aromatic rings. The second kappa shape index (κ2) is 2.96. The Hall–Kier alpha value is -0.600. The molecule has 0 spiro atoms. The van der Waals surface area contributed by atoms with Crippen LogP contribution in [0.25, 0.3) is 0 Å². The maximum atomic E-state index is 13.0. The van der Waals surface area contributed by atoms with E-state index >= 15 is 0 Å². The zero-order chi connectivity index (χ0) is 10.6. The van der Waals surface area contributed by atoms with Crippen LogP contribution in [-0.2, 0) is 5.41 Å². The standard InChI is InChI=1S/C12H13ClFN/c1-15-6-8-5-12(8,7-15)10-3-2-9(14)4-11(10)13/h2-4,8H,5-7H2,1H3. The Labute approximate surface area is 93.8 Å². The molecule has 2 atom stereocenters. The molecule has 1 saturated carbocycles. The summed E-state index contributed by atoms with van der Waals surface area (Å²) in [5.74, 6) is 0.481. The molecule has 0 bridgehead atoms. The van der Waals surface area contributed by atoms with E-state index in [4.69, 9.17) is 11.6 Å². The molecule has 15 heavy (non-hydrogen) atoms. The maximum absolute atomic E-state index is 13.0. The monoisotopic (exact) mass is 225 g/mol. The van der Waals surface area contributed by atoms with Gasteiger partial charge in [-0.25, -0.2) is 4.39 Å². The highest BCUT2D eigenvalue weighted by Gasteiger charge is 2.60. The lowest BCUT2D eigenvalue weighted by atomic mass is 9.95. The van der Waals surface area contributed by atoms with E-state index in [-0.39, 0.29) is 11.2 Å². The van der Waals surface area contributed by atoms with Gasteiger partial charge in [0.25, 0.3) is 0 Å². The highest BCUT2D eigenvalue weighted by molar-refractivity contribution is 6.31. The number of halogens is 2. The molecule has 0 aromatic heterocycles. The van der Waals surface area contributed by atoms with Crippen LogP contribution in [0.3, 0.4) is 0 Å². The van der Waals surface area contributed by atoms with E-state index in [9.17, 15) is 4.39 Å². The van der Waals surface area contributed by atoms with Crippen LogP contribution in [0, 0.1) is 11.7 Å². The SMILES string of the molecule is CN1CC2CC2(c2ccc(F)cc2Cl)C1. The van der Waals surface area contributed by atoms with Crippen molar-refractivity contribution < 1.29 is 4.39 Å². The molecule has 1 aromatic carbocycles. The number of piperidine rings is 1. The number of hydrogen-bond donors (Lipinski definition) is 0. The van der Waals surface area contributed by atoms with Gasteiger partial charge in [0, 0.05) is 23.5 Å². The predicted octanol–water partition coefficient (Wildman–Crippen LogP) is 2.68. The van der Waals surface area contributed by atoms with Crippen molar-refractivity contribution in [3.63, 3.8) is 0 Å². The Morgan fingerprint density at radius 3 is 2.93 bits per heavy atom. The van der Waals surface area contributed by atoms with E-state index in [0.717, 1.165) is 24.6 Å². The lowest BCUT2D eigenvalue weighted by molar-refractivity contribution is 0.363. The largest absolute Gasteiger partial charge is 0.305 e. The van der Waals surface area contributed by atoms with E-state index in [0.29, 0.717) is 5.02 Å². The number of benzene rings is 1. The van der Waals surface area contributed by atoms with E-state index in [1.807, 2.05) is 6.07 Å². The molecule has 3 rings (SSSR count). The van der Waals surface area contributed by atoms with Gasteiger partial charge in [0.05, 0.1) is 0 Å². The first-order valence-electron chi connectivity index (χ1n) is 5.26. The first-order valence-corrected chi connectivity index (χ1v) is 5.64. The third kappa shape index (κ3) is 1.31. The Morgan fingerprint density at radius 2 is 2.33 bits per heavy atom. The number of rotatable bonds is 1. The zero-order valence-electron chi connectivity index (χ0n) is 8.63. The average Bonchev–Trinajstić information content (AvgIpc) is 2.69. The average molecular weight is 226 g/mol. The summed E-state index contributed by atoms with van der Waals surface area (Å²) >= 11 is 6.12. The van der Waals surface area contributed by atoms with Crippen molar-refractivity contribution in [3.8, 4) is 0 Å². The van der Waals surface area contributed by atoms with Crippen LogP contribution in [0.15, 0.2) is 18.2 Å². The van der Waals surface area contributed by atoms with Gasteiger partial charge in [-0.2, -0.15) is 0 Å². The van der Waals surface area contributed by atoms with E-state index in [2.05, 4.69) is 11.9 Å². The minimum Gasteiger partial charge on any atom is -0.305 e. The molecule has 3 heteroatoms. The highest BCUT2D eigenvalue weighted by atomic mass is 35.5. The summed E-state index contributed by atoms with van der Waals surface area (Å²) in [5, 5.41) is 0.591. The molecule has 0 radical (unpaired) electrons. The molecule has 0 amide bonds. The maximum Gasteiger partial charge on any atom is 0.124 e. The molecule has 1 nitrogen and oxygen atoms in total. The first kappa shape index (κ1) is 9.61. The van der Waals surface area contributed by atoms with Gasteiger partial charge in [0.2, 0.25) is 0 Å². The normalized spacial score (nSPS) is 34.2. The number of fused-ring (bicyclic) bond motifs is 1. The quantitative estimate of drug-likeness (QED) is 0.711. The summed E-state index contributed by atoms with van der Waals surface area (Å²) in [6.07, 6.45) is 1.21. The van der Waals surface area contributed by atoms with Crippen molar-refractivity contribution in [1.29, 1.82) is 0 Å². The minimum atomic E-state index is -0.247. The van der Waals surface area contributed by atoms with Gasteiger partial charge in [-0.1, -0.05) is 17.7 Å². The fourth-order valence-corrected chi connectivity index (χ4v) is 3.40. The van der Waals surface area contributed by atoms with Gasteiger partial charge in [0.15, 0.2) is 0 Å². The highest BCUT2D eigenvalue weighted by Crippen LogP contribution is 2.59. The Kier molecular flexibility index (Phi) is 1.89. The fraction of sp³-hybridized carbons (Fsp3) is 0.500. The number of nitrogens with zero attached hydrogens (tertiary/aromatic N) is 1. The van der Waals surface area contributed by atoms with Crippen LogP contribution in [0.2, 0.25) is 5.02 Å². The van der Waals surface area contributed by atoms with Crippen LogP contribution in [0.1, 0.15) is 12.0 Å². The summed E-state index contributed by atoms with van der Waals surface area (Å²) in [7, 11) is 2.13. The van der Waals surface area contributed by atoms with Gasteiger partial charge in [-0.05, 0) is 37.1 Å². The van der Waals surface area contributed by atoms with Crippen LogP contribution in [0.5, 0.6) is 0 Å². The third-order valence-corrected chi connectivity index (χ3v) is 4.10. The van der Waals surface area contributed by atoms with Gasteiger partial charge < -0.3 is 4.90 Å². The van der Waals surface area contributed by atoms with Crippen LogP contribution < -0.4 is 0 Å². The fourth-order valence-electron chi connectivity index (χ4n) is 3.04. The summed E-state index contributed by atoms with van der Waals surface area (Å²) < 4.78 is 13.0. The molecule has 2 aliphatic rings. The Morgan fingerprint density at radius 1 is 1.53 bits per heavy atom. The molecule has 1 saturated heterocycles. The van der Waals surface area contributed by atoms with Crippen molar-refractivity contribution >= 4 is 11.6 Å². The Bertz CT molecular complexity index is 420. The van der Waals surface area contributed by atoms with Crippen LogP contribution in [-0.4, -0.2) is 25.0 Å². The minimum absolute atomic E-state index is 0.236. The summed E-state index contributed by atoms with van der Waals surface area (Å²) in [6.45, 7) is 2.21. The molecule has 2 unspecified atom stereocenters. The summed E-state index contributed by atoms with van der Waals surface area (Å²) in [4.78, 5) is 2.33. The smallest absolute Gasteiger partial charge is 0.124 e. The van der Waals surface area contributed by atoms with Crippen molar-refractivity contribution in [1.82, 2.24) is 4.90 Å². The van der Waals surface area contributed by atoms with E-state index in [1.54, 1.807) is 0 Å². The van der Waals surface area contributed by atoms with Crippen LogP contribution in [0.4, 0.5) is 4.39 Å². The number of hydrogen-bond acceptors (Lipinski definition) is 1. The van der Waals surface area contributed by atoms with Gasteiger partial charge in [-0.15, -0.1) is 0 Å². The summed E-state index contributed by atoms with van der Waals surface area (Å²) in [5.41, 5.74) is 1.37. The second-order valence-corrected chi connectivity index (χ2v) is 5.29. The van der Waals surface area contributed by atoms with Crippen molar-refractivity contribution in [2.75, 3.05) is 20.1 Å². The molecular formula is C12H13ClFN. The van der Waals surface area contributed by atoms with E-state index in [1.165, 1.54) is 18.6 Å². The predicted molar refractivity (Wildman–Crippen MR) is 58.7 cm³/mol. The molecular weight excluding hydrogens is 213 g/mol. The lowest BCUT2D eigenvalue weighted by Gasteiger charge is -2.17.